The molecule has 0 fully saturated rings. The molecule has 43 heavy (non-hydrogen) atoms. The molecule has 0 amide bonds. The van der Waals surface area contributed by atoms with Gasteiger partial charge in [-0.2, -0.15) is 0 Å². The lowest BCUT2D eigenvalue weighted by molar-refractivity contribution is 0.414. The summed E-state index contributed by atoms with van der Waals surface area (Å²) in [5.74, 6) is 1.89. The molecule has 0 unspecified atom stereocenters. The summed E-state index contributed by atoms with van der Waals surface area (Å²) in [6.07, 6.45) is 0. The number of methoxy groups -OCH3 is 2. The number of aromatic hydroxyl groups is 2. The van der Waals surface area contributed by atoms with Crippen LogP contribution in [0.1, 0.15) is 22.3 Å². The number of benzene rings is 6. The standard InChI is InChI=1S/C39H32O4/c1-42-33-19-13-29(14-20-33)39(30-15-21-34(43-2)22-16-30,31-17-23-37(40)35(25-31)27-9-5-3-6-10-27)32-18-24-38(41)36(26-32)28-11-7-4-8-12-28/h3-26,40-41H,1-2H3. The second-order valence-corrected chi connectivity index (χ2v) is 10.4. The van der Waals surface area contributed by atoms with E-state index in [1.165, 1.54) is 0 Å². The molecule has 4 nitrogen and oxygen atoms in total. The van der Waals surface area contributed by atoms with Crippen LogP contribution in [0.15, 0.2) is 146 Å². The quantitative estimate of drug-likeness (QED) is 0.181. The summed E-state index contributed by atoms with van der Waals surface area (Å²) in [7, 11) is 3.31. The zero-order valence-electron chi connectivity index (χ0n) is 24.1. The highest BCUT2D eigenvalue weighted by Gasteiger charge is 2.39. The van der Waals surface area contributed by atoms with Crippen LogP contribution >= 0.6 is 0 Å². The molecule has 212 valence electrons. The van der Waals surface area contributed by atoms with Gasteiger partial charge in [0.05, 0.1) is 19.6 Å². The van der Waals surface area contributed by atoms with Crippen molar-refractivity contribution in [3.05, 3.63) is 168 Å². The molecule has 4 heteroatoms. The minimum absolute atomic E-state index is 0.198. The molecule has 0 heterocycles. The molecule has 0 saturated heterocycles. The fraction of sp³-hybridized carbons (Fsp3) is 0.0769. The summed E-state index contributed by atoms with van der Waals surface area (Å²) < 4.78 is 11.1. The maximum atomic E-state index is 11.1. The molecule has 0 atom stereocenters. The first kappa shape index (κ1) is 27.7. The normalized spacial score (nSPS) is 11.2. The predicted molar refractivity (Wildman–Crippen MR) is 172 cm³/mol. The number of phenolic OH excluding ortho intramolecular Hbond substituents is 2. The highest BCUT2D eigenvalue weighted by atomic mass is 16.5. The smallest absolute Gasteiger partial charge is 0.123 e. The van der Waals surface area contributed by atoms with E-state index in [2.05, 4.69) is 36.4 Å². The number of rotatable bonds is 8. The maximum Gasteiger partial charge on any atom is 0.123 e. The summed E-state index contributed by atoms with van der Waals surface area (Å²) in [6, 6.07) is 47.5. The summed E-state index contributed by atoms with van der Waals surface area (Å²) in [5, 5.41) is 22.1. The van der Waals surface area contributed by atoms with Crippen molar-refractivity contribution >= 4 is 0 Å². The minimum atomic E-state index is -0.854. The van der Waals surface area contributed by atoms with E-state index in [-0.39, 0.29) is 11.5 Å². The highest BCUT2D eigenvalue weighted by molar-refractivity contribution is 5.76. The van der Waals surface area contributed by atoms with Crippen molar-refractivity contribution in [2.45, 2.75) is 5.41 Å². The van der Waals surface area contributed by atoms with Crippen molar-refractivity contribution in [1.29, 1.82) is 0 Å². The van der Waals surface area contributed by atoms with Gasteiger partial charge in [0, 0.05) is 11.1 Å². The van der Waals surface area contributed by atoms with Crippen LogP contribution in [0.5, 0.6) is 23.0 Å². The number of hydrogen-bond acceptors (Lipinski definition) is 4. The first-order valence-corrected chi connectivity index (χ1v) is 14.1. The Morgan fingerprint density at radius 3 is 1.12 bits per heavy atom. The molecule has 6 aromatic carbocycles. The van der Waals surface area contributed by atoms with Crippen molar-refractivity contribution in [2.24, 2.45) is 0 Å². The van der Waals surface area contributed by atoms with Gasteiger partial charge >= 0.3 is 0 Å². The molecule has 2 N–H and O–H groups in total. The average Bonchev–Trinajstić information content (AvgIpc) is 3.07. The Kier molecular flexibility index (Phi) is 7.59. The lowest BCUT2D eigenvalue weighted by Gasteiger charge is -2.37. The van der Waals surface area contributed by atoms with Gasteiger partial charge in [-0.05, 0) is 81.9 Å². The SMILES string of the molecule is COc1ccc(C(c2ccc(OC)cc2)(c2ccc(O)c(-c3ccccc3)c2)c2ccc(O)c(-c3ccccc3)c2)cc1. The zero-order chi connectivity index (χ0) is 29.8. The summed E-state index contributed by atoms with van der Waals surface area (Å²) in [4.78, 5) is 0. The average molecular weight is 565 g/mol. The van der Waals surface area contributed by atoms with Crippen molar-refractivity contribution in [3.8, 4) is 45.3 Å². The number of hydrogen-bond donors (Lipinski definition) is 2. The van der Waals surface area contributed by atoms with Crippen LogP contribution in [0.2, 0.25) is 0 Å². The molecule has 0 bridgehead atoms. The second kappa shape index (κ2) is 11.8. The van der Waals surface area contributed by atoms with Crippen LogP contribution in [0.4, 0.5) is 0 Å². The molecular weight excluding hydrogens is 532 g/mol. The molecule has 0 radical (unpaired) electrons. The van der Waals surface area contributed by atoms with Gasteiger partial charge in [0.2, 0.25) is 0 Å². The molecule has 0 aliphatic rings. The van der Waals surface area contributed by atoms with Gasteiger partial charge in [-0.3, -0.25) is 0 Å². The largest absolute Gasteiger partial charge is 0.507 e. The van der Waals surface area contributed by atoms with Gasteiger partial charge in [-0.1, -0.05) is 97.1 Å². The van der Waals surface area contributed by atoms with E-state index < -0.39 is 5.41 Å². The summed E-state index contributed by atoms with van der Waals surface area (Å²) >= 11 is 0. The molecule has 6 rings (SSSR count). The van der Waals surface area contributed by atoms with Crippen LogP contribution < -0.4 is 9.47 Å². The first-order chi connectivity index (χ1) is 21.0. The van der Waals surface area contributed by atoms with Crippen LogP contribution in [0.3, 0.4) is 0 Å². The Morgan fingerprint density at radius 1 is 0.419 bits per heavy atom. The first-order valence-electron chi connectivity index (χ1n) is 14.1. The van der Waals surface area contributed by atoms with Crippen molar-refractivity contribution in [3.63, 3.8) is 0 Å². The fourth-order valence-electron chi connectivity index (χ4n) is 5.92. The minimum Gasteiger partial charge on any atom is -0.507 e. The molecule has 0 aliphatic heterocycles. The third-order valence-corrected chi connectivity index (χ3v) is 8.07. The Bertz CT molecular complexity index is 1690. The van der Waals surface area contributed by atoms with E-state index >= 15 is 0 Å². The Hall–Kier alpha value is -5.48. The van der Waals surface area contributed by atoms with Crippen LogP contribution in [-0.2, 0) is 5.41 Å². The number of ether oxygens (including phenoxy) is 2. The summed E-state index contributed by atoms with van der Waals surface area (Å²) in [5.41, 5.74) is 6.31. The molecule has 0 aliphatic carbocycles. The van der Waals surface area contributed by atoms with Gasteiger partial charge in [0.25, 0.3) is 0 Å². The van der Waals surface area contributed by atoms with Gasteiger partial charge < -0.3 is 19.7 Å². The topological polar surface area (TPSA) is 58.9 Å². The van der Waals surface area contributed by atoms with E-state index in [1.54, 1.807) is 26.4 Å². The zero-order valence-corrected chi connectivity index (χ0v) is 24.1. The highest BCUT2D eigenvalue weighted by Crippen LogP contribution is 2.49. The molecule has 0 saturated carbocycles. The third-order valence-electron chi connectivity index (χ3n) is 8.07. The third kappa shape index (κ3) is 5.08. The molecule has 6 aromatic rings. The van der Waals surface area contributed by atoms with Crippen molar-refractivity contribution < 1.29 is 19.7 Å². The summed E-state index contributed by atoms with van der Waals surface area (Å²) in [6.45, 7) is 0. The fourth-order valence-corrected chi connectivity index (χ4v) is 5.92. The monoisotopic (exact) mass is 564 g/mol. The van der Waals surface area contributed by atoms with Crippen molar-refractivity contribution in [2.75, 3.05) is 14.2 Å². The second-order valence-electron chi connectivity index (χ2n) is 10.4. The Balaban J connectivity index is 1.72. The van der Waals surface area contributed by atoms with Crippen molar-refractivity contribution in [1.82, 2.24) is 0 Å². The van der Waals surface area contributed by atoms with Crippen LogP contribution in [0, 0.1) is 0 Å². The van der Waals surface area contributed by atoms with E-state index in [9.17, 15) is 10.2 Å². The number of phenols is 2. The van der Waals surface area contributed by atoms with Crippen LogP contribution in [0.25, 0.3) is 22.3 Å². The van der Waals surface area contributed by atoms with Gasteiger partial charge in [0.1, 0.15) is 23.0 Å². The molecular formula is C39H32O4. The predicted octanol–water partition coefficient (Wildman–Crippen LogP) is 8.83. The lowest BCUT2D eigenvalue weighted by Crippen LogP contribution is -2.31. The maximum absolute atomic E-state index is 11.1. The Labute approximate surface area is 252 Å². The van der Waals surface area contributed by atoms with E-state index in [1.807, 2.05) is 97.1 Å². The van der Waals surface area contributed by atoms with Gasteiger partial charge in [-0.25, -0.2) is 0 Å². The lowest BCUT2D eigenvalue weighted by atomic mass is 9.64. The molecule has 0 aromatic heterocycles. The van der Waals surface area contributed by atoms with E-state index in [0.29, 0.717) is 0 Å². The molecule has 0 spiro atoms. The van der Waals surface area contributed by atoms with Gasteiger partial charge in [0.15, 0.2) is 0 Å². The van der Waals surface area contributed by atoms with E-state index in [0.717, 1.165) is 56.0 Å². The van der Waals surface area contributed by atoms with Crippen LogP contribution in [-0.4, -0.2) is 24.4 Å². The van der Waals surface area contributed by atoms with E-state index in [4.69, 9.17) is 9.47 Å². The van der Waals surface area contributed by atoms with Gasteiger partial charge in [-0.15, -0.1) is 0 Å². The Morgan fingerprint density at radius 2 is 0.767 bits per heavy atom.